The summed E-state index contributed by atoms with van der Waals surface area (Å²) in [6.45, 7) is 7.99. The fourth-order valence-electron chi connectivity index (χ4n) is 2.25. The molecule has 0 bridgehead atoms. The molecule has 3 N–H and O–H groups in total. The van der Waals surface area contributed by atoms with E-state index in [0.29, 0.717) is 24.0 Å². The topological polar surface area (TPSA) is 39.5 Å². The Morgan fingerprint density at radius 2 is 2.00 bits per heavy atom. The van der Waals surface area contributed by atoms with E-state index in [1.54, 1.807) is 4.90 Å². The molecular weight excluding hydrogens is 344 g/mol. The van der Waals surface area contributed by atoms with Crippen LogP contribution in [0.3, 0.4) is 0 Å². The summed E-state index contributed by atoms with van der Waals surface area (Å²) in [5.41, 5.74) is 0. The van der Waals surface area contributed by atoms with Gasteiger partial charge in [0.15, 0.2) is 0 Å². The molecule has 20 heavy (non-hydrogen) atoms. The van der Waals surface area contributed by atoms with Crippen LogP contribution >= 0.6 is 27.5 Å². The number of ether oxygens (including phenoxy) is 2. The second kappa shape index (κ2) is 8.85. The van der Waals surface area contributed by atoms with E-state index in [2.05, 4.69) is 21.2 Å². The predicted octanol–water partition coefficient (Wildman–Crippen LogP) is -0.0402. The number of hydrogen-bond donors (Lipinski definition) is 2. The molecule has 0 unspecified atom stereocenters. The molecule has 1 aliphatic heterocycles. The minimum Gasteiger partial charge on any atom is -0.490 e. The van der Waals surface area contributed by atoms with E-state index in [1.807, 2.05) is 18.2 Å². The Hall–Kier alpha value is -0.330. The van der Waals surface area contributed by atoms with Crippen molar-refractivity contribution >= 4 is 27.5 Å². The summed E-state index contributed by atoms with van der Waals surface area (Å²) in [6, 6.07) is 5.61. The summed E-state index contributed by atoms with van der Waals surface area (Å²) in [5, 5.41) is 2.99. The highest BCUT2D eigenvalue weighted by molar-refractivity contribution is 9.10. The van der Waals surface area contributed by atoms with E-state index in [0.717, 1.165) is 17.6 Å². The van der Waals surface area contributed by atoms with Gasteiger partial charge in [-0.25, -0.2) is 0 Å². The molecule has 1 saturated heterocycles. The molecule has 4 nitrogen and oxygen atoms in total. The molecule has 1 aromatic rings. The Labute approximate surface area is 133 Å². The average molecular weight is 366 g/mol. The molecule has 0 atom stereocenters. The quantitative estimate of drug-likeness (QED) is 0.666. The Bertz CT molecular complexity index is 414. The largest absolute Gasteiger partial charge is 0.490 e. The van der Waals surface area contributed by atoms with Gasteiger partial charge in [-0.05, 0) is 18.2 Å². The van der Waals surface area contributed by atoms with Crippen molar-refractivity contribution in [1.29, 1.82) is 0 Å². The smallest absolute Gasteiger partial charge is 0.138 e. The third kappa shape index (κ3) is 5.58. The van der Waals surface area contributed by atoms with Gasteiger partial charge in [-0.1, -0.05) is 27.5 Å². The van der Waals surface area contributed by atoms with Crippen molar-refractivity contribution in [2.24, 2.45) is 0 Å². The number of nitrogens with two attached hydrogens (primary N) is 1. The van der Waals surface area contributed by atoms with Crippen LogP contribution in [-0.4, -0.2) is 52.5 Å². The van der Waals surface area contributed by atoms with E-state index >= 15 is 0 Å². The van der Waals surface area contributed by atoms with Crippen LogP contribution in [0.15, 0.2) is 22.7 Å². The Kier molecular flexibility index (Phi) is 7.10. The van der Waals surface area contributed by atoms with Crippen molar-refractivity contribution in [1.82, 2.24) is 0 Å². The SMILES string of the molecule is Clc1cc(Br)ccc1OCCOCC[NH+]1CC[NH2+]CC1. The summed E-state index contributed by atoms with van der Waals surface area (Å²) < 4.78 is 12.2. The van der Waals surface area contributed by atoms with Gasteiger partial charge in [0, 0.05) is 4.47 Å². The molecule has 0 aliphatic carbocycles. The van der Waals surface area contributed by atoms with Gasteiger partial charge in [0.05, 0.1) is 18.2 Å². The molecule has 112 valence electrons. The average Bonchev–Trinajstić information content (AvgIpc) is 2.46. The highest BCUT2D eigenvalue weighted by Crippen LogP contribution is 2.27. The maximum Gasteiger partial charge on any atom is 0.138 e. The number of quaternary nitrogens is 2. The molecule has 0 spiro atoms. The van der Waals surface area contributed by atoms with Gasteiger partial charge in [-0.3, -0.25) is 0 Å². The number of halogens is 2. The maximum absolute atomic E-state index is 6.07. The van der Waals surface area contributed by atoms with Crippen LogP contribution in [0.25, 0.3) is 0 Å². The van der Waals surface area contributed by atoms with Crippen molar-refractivity contribution in [3.8, 4) is 5.75 Å². The first-order chi connectivity index (χ1) is 9.75. The molecule has 0 amide bonds. The molecule has 1 fully saturated rings. The number of benzene rings is 1. The van der Waals surface area contributed by atoms with Crippen LogP contribution in [0, 0.1) is 0 Å². The minimum absolute atomic E-state index is 0.532. The fourth-order valence-corrected chi connectivity index (χ4v) is 2.98. The predicted molar refractivity (Wildman–Crippen MR) is 82.7 cm³/mol. The minimum atomic E-state index is 0.532. The van der Waals surface area contributed by atoms with Gasteiger partial charge in [0.25, 0.3) is 0 Å². The lowest BCUT2D eigenvalue weighted by Crippen LogP contribution is -3.20. The number of hydrogen-bond acceptors (Lipinski definition) is 2. The van der Waals surface area contributed by atoms with Crippen LogP contribution < -0.4 is 15.0 Å². The first-order valence-electron chi connectivity index (χ1n) is 7.06. The second-order valence-electron chi connectivity index (χ2n) is 4.90. The van der Waals surface area contributed by atoms with Crippen molar-refractivity contribution in [3.63, 3.8) is 0 Å². The van der Waals surface area contributed by atoms with Gasteiger partial charge in [0.1, 0.15) is 45.1 Å². The monoisotopic (exact) mass is 364 g/mol. The van der Waals surface area contributed by atoms with Crippen molar-refractivity contribution in [2.75, 3.05) is 52.5 Å². The van der Waals surface area contributed by atoms with Gasteiger partial charge in [0.2, 0.25) is 0 Å². The van der Waals surface area contributed by atoms with E-state index < -0.39 is 0 Å². The summed E-state index contributed by atoms with van der Waals surface area (Å²) in [7, 11) is 0. The second-order valence-corrected chi connectivity index (χ2v) is 6.22. The van der Waals surface area contributed by atoms with E-state index in [-0.39, 0.29) is 0 Å². The number of rotatable bonds is 7. The molecule has 2 rings (SSSR count). The summed E-state index contributed by atoms with van der Waals surface area (Å²) in [4.78, 5) is 1.64. The molecule has 1 heterocycles. The van der Waals surface area contributed by atoms with Crippen LogP contribution in [0.4, 0.5) is 0 Å². The Morgan fingerprint density at radius 3 is 2.75 bits per heavy atom. The number of piperazine rings is 1. The molecule has 1 aliphatic rings. The standard InChI is InChI=1S/C14H20BrClN2O2/c15-12-1-2-14(13(16)11-12)20-10-9-19-8-7-18-5-3-17-4-6-18/h1-2,11,17H,3-10H2/p+2. The van der Waals surface area contributed by atoms with Gasteiger partial charge in [-0.2, -0.15) is 0 Å². The lowest BCUT2D eigenvalue weighted by molar-refractivity contribution is -0.947. The van der Waals surface area contributed by atoms with Gasteiger partial charge >= 0.3 is 0 Å². The highest BCUT2D eigenvalue weighted by atomic mass is 79.9. The Morgan fingerprint density at radius 1 is 1.20 bits per heavy atom. The lowest BCUT2D eigenvalue weighted by Gasteiger charge is -2.21. The van der Waals surface area contributed by atoms with Crippen molar-refractivity contribution in [2.45, 2.75) is 0 Å². The summed E-state index contributed by atoms with van der Waals surface area (Å²) >= 11 is 9.44. The van der Waals surface area contributed by atoms with Gasteiger partial charge in [-0.15, -0.1) is 0 Å². The first-order valence-corrected chi connectivity index (χ1v) is 8.23. The molecule has 0 saturated carbocycles. The zero-order chi connectivity index (χ0) is 14.2. The zero-order valence-electron chi connectivity index (χ0n) is 11.5. The van der Waals surface area contributed by atoms with Gasteiger partial charge < -0.3 is 19.7 Å². The van der Waals surface area contributed by atoms with E-state index in [9.17, 15) is 0 Å². The molecule has 0 aromatic heterocycles. The first kappa shape index (κ1) is 16.0. The van der Waals surface area contributed by atoms with E-state index in [1.165, 1.54) is 26.2 Å². The normalized spacial score (nSPS) is 16.3. The van der Waals surface area contributed by atoms with Crippen LogP contribution in [0.1, 0.15) is 0 Å². The van der Waals surface area contributed by atoms with Crippen molar-refractivity contribution < 1.29 is 19.7 Å². The van der Waals surface area contributed by atoms with Crippen LogP contribution in [0.2, 0.25) is 5.02 Å². The third-order valence-corrected chi connectivity index (χ3v) is 4.17. The highest BCUT2D eigenvalue weighted by Gasteiger charge is 2.14. The molecule has 6 heteroatoms. The zero-order valence-corrected chi connectivity index (χ0v) is 13.9. The van der Waals surface area contributed by atoms with Crippen LogP contribution in [0.5, 0.6) is 5.75 Å². The maximum atomic E-state index is 6.07. The molecular formula is C14H22BrClN2O2+2. The lowest BCUT2D eigenvalue weighted by atomic mass is 10.3. The summed E-state index contributed by atoms with van der Waals surface area (Å²) in [6.07, 6.45) is 0. The fraction of sp³-hybridized carbons (Fsp3) is 0.571. The Balaban J connectivity index is 1.55. The molecule has 1 aromatic carbocycles. The summed E-state index contributed by atoms with van der Waals surface area (Å²) in [5.74, 6) is 0.704. The molecule has 0 radical (unpaired) electrons. The number of nitrogens with one attached hydrogen (secondary N) is 1. The van der Waals surface area contributed by atoms with E-state index in [4.69, 9.17) is 21.1 Å². The van der Waals surface area contributed by atoms with Crippen LogP contribution in [-0.2, 0) is 4.74 Å². The third-order valence-electron chi connectivity index (χ3n) is 3.38. The van der Waals surface area contributed by atoms with Crippen molar-refractivity contribution in [3.05, 3.63) is 27.7 Å².